The first-order chi connectivity index (χ1) is 6.73. The minimum atomic E-state index is 0. The van der Waals surface area contributed by atoms with Gasteiger partial charge < -0.3 is 12.4 Å². The number of hydrogen-bond donors (Lipinski definition) is 0. The first kappa shape index (κ1) is 17.4. The summed E-state index contributed by atoms with van der Waals surface area (Å²) in [5.41, 5.74) is 0. The molecule has 0 amide bonds. The average Bonchev–Trinajstić information content (AvgIpc) is 2.83. The van der Waals surface area contributed by atoms with E-state index < -0.39 is 0 Å². The maximum atomic E-state index is 2.99. The standard InChI is InChI=1S/2C5H5.C3H6.ClH.Zr/c2*1-2-4-5-3-1;1-3-2;;/h2*1-3H,4H2;1-2H3;1H;/q2*-1;;;/p-1. The zero-order valence-electron chi connectivity index (χ0n) is 9.26. The summed E-state index contributed by atoms with van der Waals surface area (Å²) < 4.78 is 1.51. The number of hydrogen-bond acceptors (Lipinski definition) is 0. The van der Waals surface area contributed by atoms with Crippen molar-refractivity contribution in [2.75, 3.05) is 0 Å². The van der Waals surface area contributed by atoms with Crippen LogP contribution in [0.25, 0.3) is 0 Å². The van der Waals surface area contributed by atoms with Gasteiger partial charge in [-0.3, -0.25) is 12.2 Å². The molecule has 0 aromatic heterocycles. The fourth-order valence-electron chi connectivity index (χ4n) is 0.680. The molecular formula is C13H16ClZr-3. The molecule has 0 unspecified atom stereocenters. The summed E-state index contributed by atoms with van der Waals surface area (Å²) in [4.78, 5) is 0. The molecule has 0 saturated heterocycles. The van der Waals surface area contributed by atoms with Crippen molar-refractivity contribution in [1.29, 1.82) is 0 Å². The second-order valence-corrected chi connectivity index (χ2v) is 5.46. The Kier molecular flexibility index (Phi) is 16.2. The Morgan fingerprint density at radius 2 is 1.33 bits per heavy atom. The summed E-state index contributed by atoms with van der Waals surface area (Å²) >= 11 is 1.55. The molecule has 0 spiro atoms. The zero-order chi connectivity index (χ0) is 10.6. The van der Waals surface area contributed by atoms with E-state index in [4.69, 9.17) is 0 Å². The van der Waals surface area contributed by atoms with Crippen LogP contribution in [0.15, 0.2) is 36.5 Å². The van der Waals surface area contributed by atoms with E-state index in [-0.39, 0.29) is 12.4 Å². The largest absolute Gasteiger partial charge is 1.00 e. The Morgan fingerprint density at radius 1 is 1.00 bits per heavy atom. The summed E-state index contributed by atoms with van der Waals surface area (Å²) in [5.74, 6) is 0. The average molecular weight is 299 g/mol. The molecular weight excluding hydrogens is 283 g/mol. The molecule has 0 saturated carbocycles. The van der Waals surface area contributed by atoms with Crippen molar-refractivity contribution in [3.63, 3.8) is 0 Å². The third-order valence-corrected chi connectivity index (χ3v) is 1.17. The SMILES string of the molecule is C[C](C)=[Zr].[C-]1=CC=CC1.[C-]1=CC=CC1.[Cl-]. The quantitative estimate of drug-likeness (QED) is 0.567. The van der Waals surface area contributed by atoms with Crippen LogP contribution in [0, 0.1) is 12.2 Å². The van der Waals surface area contributed by atoms with Crippen LogP contribution in [0.1, 0.15) is 26.7 Å². The van der Waals surface area contributed by atoms with Gasteiger partial charge in [-0.25, -0.2) is 24.3 Å². The molecule has 0 aromatic carbocycles. The molecule has 0 aliphatic heterocycles. The molecule has 0 radical (unpaired) electrons. The Bertz CT molecular complexity index is 214. The minimum Gasteiger partial charge on any atom is -1.00 e. The van der Waals surface area contributed by atoms with Gasteiger partial charge in [0.05, 0.1) is 0 Å². The van der Waals surface area contributed by atoms with Crippen LogP contribution in [-0.4, -0.2) is 3.21 Å². The summed E-state index contributed by atoms with van der Waals surface area (Å²) in [6.45, 7) is 4.25. The Balaban J connectivity index is 0. The molecule has 82 valence electrons. The number of allylic oxidation sites excluding steroid dienone is 8. The Labute approximate surface area is 115 Å². The summed E-state index contributed by atoms with van der Waals surface area (Å²) in [6.07, 6.45) is 20.0. The molecule has 2 aliphatic rings. The van der Waals surface area contributed by atoms with Crippen LogP contribution in [0.4, 0.5) is 0 Å². The van der Waals surface area contributed by atoms with Crippen molar-refractivity contribution in [3.05, 3.63) is 48.6 Å². The molecule has 0 bridgehead atoms. The topological polar surface area (TPSA) is 0 Å². The molecule has 15 heavy (non-hydrogen) atoms. The number of halogens is 1. The van der Waals surface area contributed by atoms with E-state index in [9.17, 15) is 0 Å². The van der Waals surface area contributed by atoms with Crippen LogP contribution in [-0.2, 0) is 24.2 Å². The molecule has 0 atom stereocenters. The summed E-state index contributed by atoms with van der Waals surface area (Å²) in [5, 5.41) is 0. The zero-order valence-corrected chi connectivity index (χ0v) is 12.5. The molecule has 0 heterocycles. The predicted molar refractivity (Wildman–Crippen MR) is 59.5 cm³/mol. The smallest absolute Gasteiger partial charge is 0.109 e. The van der Waals surface area contributed by atoms with Gasteiger partial charge in [-0.2, -0.15) is 12.2 Å². The maximum absolute atomic E-state index is 2.99. The van der Waals surface area contributed by atoms with Crippen molar-refractivity contribution in [2.45, 2.75) is 26.7 Å². The van der Waals surface area contributed by atoms with Gasteiger partial charge in [0, 0.05) is 0 Å². The van der Waals surface area contributed by atoms with E-state index in [1.807, 2.05) is 24.3 Å². The van der Waals surface area contributed by atoms with E-state index in [0.29, 0.717) is 0 Å². The van der Waals surface area contributed by atoms with Crippen molar-refractivity contribution >= 4 is 3.21 Å². The van der Waals surface area contributed by atoms with E-state index in [1.165, 1.54) is 3.21 Å². The van der Waals surface area contributed by atoms with Crippen molar-refractivity contribution < 1.29 is 36.6 Å². The maximum Gasteiger partial charge on any atom is -0.109 e. The van der Waals surface area contributed by atoms with E-state index in [1.54, 1.807) is 24.2 Å². The van der Waals surface area contributed by atoms with Crippen LogP contribution >= 0.6 is 0 Å². The van der Waals surface area contributed by atoms with Crippen molar-refractivity contribution in [3.8, 4) is 0 Å². The van der Waals surface area contributed by atoms with Gasteiger partial charge in [0.2, 0.25) is 0 Å². The van der Waals surface area contributed by atoms with Crippen molar-refractivity contribution in [2.24, 2.45) is 0 Å². The summed E-state index contributed by atoms with van der Waals surface area (Å²) in [7, 11) is 0. The fraction of sp³-hybridized carbons (Fsp3) is 0.308. The van der Waals surface area contributed by atoms with Gasteiger partial charge in [-0.05, 0) is 0 Å². The molecule has 0 N–H and O–H groups in total. The Morgan fingerprint density at radius 3 is 1.40 bits per heavy atom. The first-order valence-electron chi connectivity index (χ1n) is 4.68. The van der Waals surface area contributed by atoms with Gasteiger partial charge in [0.1, 0.15) is 0 Å². The summed E-state index contributed by atoms with van der Waals surface area (Å²) in [6, 6.07) is 0. The van der Waals surface area contributed by atoms with Gasteiger partial charge in [0.15, 0.2) is 0 Å². The predicted octanol–water partition coefficient (Wildman–Crippen LogP) is 0.361. The fourth-order valence-corrected chi connectivity index (χ4v) is 0.680. The van der Waals surface area contributed by atoms with Crippen LogP contribution in [0.5, 0.6) is 0 Å². The van der Waals surface area contributed by atoms with Gasteiger partial charge in [-0.1, -0.05) is 0 Å². The third kappa shape index (κ3) is 20.2. The van der Waals surface area contributed by atoms with Gasteiger partial charge in [-0.15, -0.1) is 12.8 Å². The molecule has 0 nitrogen and oxygen atoms in total. The normalized spacial score (nSPS) is 13.4. The molecule has 0 fully saturated rings. The second kappa shape index (κ2) is 14.0. The third-order valence-electron chi connectivity index (χ3n) is 1.17. The molecule has 0 aromatic rings. The molecule has 2 heteroatoms. The van der Waals surface area contributed by atoms with Gasteiger partial charge >= 0.3 is 41.3 Å². The second-order valence-electron chi connectivity index (χ2n) is 3.01. The van der Waals surface area contributed by atoms with Crippen LogP contribution < -0.4 is 12.4 Å². The number of rotatable bonds is 0. The molecule has 2 rings (SSSR count). The van der Waals surface area contributed by atoms with E-state index >= 15 is 0 Å². The molecule has 2 aliphatic carbocycles. The van der Waals surface area contributed by atoms with E-state index in [0.717, 1.165) is 12.8 Å². The first-order valence-corrected chi connectivity index (χ1v) is 5.91. The van der Waals surface area contributed by atoms with E-state index in [2.05, 4.69) is 38.2 Å². The minimum absolute atomic E-state index is 0. The van der Waals surface area contributed by atoms with Crippen LogP contribution in [0.2, 0.25) is 0 Å². The monoisotopic (exact) mass is 297 g/mol. The van der Waals surface area contributed by atoms with Gasteiger partial charge in [0.25, 0.3) is 0 Å². The Hall–Kier alpha value is 0.00312. The van der Waals surface area contributed by atoms with Crippen LogP contribution in [0.3, 0.4) is 0 Å². The van der Waals surface area contributed by atoms with Crippen molar-refractivity contribution in [1.82, 2.24) is 0 Å².